The van der Waals surface area contributed by atoms with Gasteiger partial charge in [0, 0.05) is 31.8 Å². The first-order valence-electron chi connectivity index (χ1n) is 7.54. The van der Waals surface area contributed by atoms with Crippen molar-refractivity contribution >= 4 is 17.7 Å². The molecule has 24 heavy (non-hydrogen) atoms. The lowest BCUT2D eigenvalue weighted by Gasteiger charge is -2.17. The minimum Gasteiger partial charge on any atom is -0.349 e. The average Bonchev–Trinajstić information content (AvgIpc) is 3.03. The monoisotopic (exact) mass is 322 g/mol. The summed E-state index contributed by atoms with van der Waals surface area (Å²) in [4.78, 5) is 26.4. The summed E-state index contributed by atoms with van der Waals surface area (Å²) in [7, 11) is 1.79. The van der Waals surface area contributed by atoms with Crippen LogP contribution >= 0.6 is 0 Å². The molecule has 3 aromatic rings. The summed E-state index contributed by atoms with van der Waals surface area (Å²) < 4.78 is 1.90. The van der Waals surface area contributed by atoms with Crippen molar-refractivity contribution in [1.29, 1.82) is 0 Å². The van der Waals surface area contributed by atoms with Crippen molar-refractivity contribution in [2.45, 2.75) is 6.54 Å². The van der Waals surface area contributed by atoms with E-state index >= 15 is 0 Å². The van der Waals surface area contributed by atoms with Gasteiger partial charge < -0.3 is 9.47 Å². The molecule has 0 aliphatic rings. The Morgan fingerprint density at radius 2 is 2.00 bits per heavy atom. The Kier molecular flexibility index (Phi) is 4.81. The summed E-state index contributed by atoms with van der Waals surface area (Å²) in [6.45, 7) is 0.813. The van der Waals surface area contributed by atoms with E-state index < -0.39 is 0 Å². The normalized spacial score (nSPS) is 10.4. The van der Waals surface area contributed by atoms with E-state index in [0.717, 1.165) is 5.56 Å². The van der Waals surface area contributed by atoms with Crippen LogP contribution in [-0.2, 0) is 11.3 Å². The fraction of sp³-hybridized carbons (Fsp3) is 0.176. The first-order chi connectivity index (χ1) is 11.7. The van der Waals surface area contributed by atoms with Crippen LogP contribution in [0.25, 0.3) is 0 Å². The number of rotatable bonds is 6. The maximum Gasteiger partial charge on any atom is 0.246 e. The van der Waals surface area contributed by atoms with Gasteiger partial charge in [-0.2, -0.15) is 0 Å². The second kappa shape index (κ2) is 7.36. The van der Waals surface area contributed by atoms with Gasteiger partial charge in [0.2, 0.25) is 11.9 Å². The molecule has 7 heteroatoms. The molecule has 0 atom stereocenters. The van der Waals surface area contributed by atoms with Crippen LogP contribution in [0.15, 0.2) is 61.3 Å². The summed E-state index contributed by atoms with van der Waals surface area (Å²) in [5.41, 5.74) is 1.14. The second-order valence-electron chi connectivity index (χ2n) is 5.33. The molecule has 0 saturated heterocycles. The van der Waals surface area contributed by atoms with Crippen molar-refractivity contribution in [3.8, 4) is 0 Å². The molecule has 2 heterocycles. The SMILES string of the molecule is CN(CC(=O)Nc1nccn1Cc1ccccc1)c1cnccn1. The van der Waals surface area contributed by atoms with Gasteiger partial charge in [-0.1, -0.05) is 30.3 Å². The number of hydrogen-bond acceptors (Lipinski definition) is 5. The van der Waals surface area contributed by atoms with Gasteiger partial charge in [0.25, 0.3) is 0 Å². The summed E-state index contributed by atoms with van der Waals surface area (Å²) in [6.07, 6.45) is 8.32. The third-order valence-corrected chi connectivity index (χ3v) is 3.48. The topological polar surface area (TPSA) is 75.9 Å². The minimum absolute atomic E-state index is 0.163. The van der Waals surface area contributed by atoms with Crippen molar-refractivity contribution in [3.05, 3.63) is 66.9 Å². The largest absolute Gasteiger partial charge is 0.349 e. The van der Waals surface area contributed by atoms with Gasteiger partial charge in [-0.3, -0.25) is 15.1 Å². The smallest absolute Gasteiger partial charge is 0.246 e. The van der Waals surface area contributed by atoms with E-state index in [4.69, 9.17) is 0 Å². The van der Waals surface area contributed by atoms with E-state index in [2.05, 4.69) is 20.3 Å². The molecule has 7 nitrogen and oxygen atoms in total. The molecule has 0 radical (unpaired) electrons. The summed E-state index contributed by atoms with van der Waals surface area (Å²) >= 11 is 0. The molecular weight excluding hydrogens is 304 g/mol. The molecule has 0 saturated carbocycles. The standard InChI is InChI=1S/C17H18N6O/c1-22(15-11-18-7-8-19-15)13-16(24)21-17-20-9-10-23(17)12-14-5-3-2-4-6-14/h2-11H,12-13H2,1H3,(H,20,21,24). The molecule has 1 aromatic carbocycles. The highest BCUT2D eigenvalue weighted by atomic mass is 16.2. The van der Waals surface area contributed by atoms with Gasteiger partial charge in [0.15, 0.2) is 0 Å². The lowest BCUT2D eigenvalue weighted by molar-refractivity contribution is -0.115. The molecule has 0 unspecified atom stereocenters. The van der Waals surface area contributed by atoms with Crippen molar-refractivity contribution in [1.82, 2.24) is 19.5 Å². The molecule has 0 aliphatic heterocycles. The van der Waals surface area contributed by atoms with E-state index in [1.54, 1.807) is 36.7 Å². The number of anilines is 2. The molecule has 2 aromatic heterocycles. The fourth-order valence-corrected chi connectivity index (χ4v) is 2.29. The minimum atomic E-state index is -0.163. The van der Waals surface area contributed by atoms with E-state index in [1.807, 2.05) is 41.1 Å². The Bertz CT molecular complexity index is 787. The quantitative estimate of drug-likeness (QED) is 0.749. The van der Waals surface area contributed by atoms with Crippen molar-refractivity contribution < 1.29 is 4.79 Å². The van der Waals surface area contributed by atoms with E-state index in [9.17, 15) is 4.79 Å². The zero-order valence-electron chi connectivity index (χ0n) is 13.3. The van der Waals surface area contributed by atoms with Crippen molar-refractivity contribution in [2.24, 2.45) is 0 Å². The van der Waals surface area contributed by atoms with E-state index in [0.29, 0.717) is 18.3 Å². The molecule has 0 bridgehead atoms. The number of nitrogens with one attached hydrogen (secondary N) is 1. The van der Waals surface area contributed by atoms with Gasteiger partial charge in [-0.05, 0) is 5.56 Å². The maximum absolute atomic E-state index is 12.2. The Balaban J connectivity index is 1.62. The first kappa shape index (κ1) is 15.7. The lowest BCUT2D eigenvalue weighted by Crippen LogP contribution is -2.31. The molecule has 0 aliphatic carbocycles. The van der Waals surface area contributed by atoms with Gasteiger partial charge >= 0.3 is 0 Å². The van der Waals surface area contributed by atoms with E-state index in [-0.39, 0.29) is 12.5 Å². The van der Waals surface area contributed by atoms with Crippen LogP contribution in [0.1, 0.15) is 5.56 Å². The first-order valence-corrected chi connectivity index (χ1v) is 7.54. The van der Waals surface area contributed by atoms with Gasteiger partial charge in [-0.15, -0.1) is 0 Å². The number of imidazole rings is 1. The predicted octanol–water partition coefficient (Wildman–Crippen LogP) is 1.80. The highest BCUT2D eigenvalue weighted by Gasteiger charge is 2.11. The van der Waals surface area contributed by atoms with Gasteiger partial charge in [-0.25, -0.2) is 9.97 Å². The third kappa shape index (κ3) is 3.95. The number of likely N-dealkylation sites (N-methyl/N-ethyl adjacent to an activating group) is 1. The molecule has 3 rings (SSSR count). The highest BCUT2D eigenvalue weighted by molar-refractivity contribution is 5.92. The Labute approximate surface area is 140 Å². The molecule has 0 spiro atoms. The predicted molar refractivity (Wildman–Crippen MR) is 91.7 cm³/mol. The molecule has 0 fully saturated rings. The summed E-state index contributed by atoms with van der Waals surface area (Å²) in [5.74, 6) is 1.00. The van der Waals surface area contributed by atoms with Crippen molar-refractivity contribution in [3.63, 3.8) is 0 Å². The number of carbonyl (C=O) groups is 1. The van der Waals surface area contributed by atoms with Crippen LogP contribution in [0.3, 0.4) is 0 Å². The Morgan fingerprint density at radius 3 is 2.75 bits per heavy atom. The van der Waals surface area contributed by atoms with Crippen LogP contribution in [0.2, 0.25) is 0 Å². The van der Waals surface area contributed by atoms with Crippen LogP contribution in [0.4, 0.5) is 11.8 Å². The molecule has 1 amide bonds. The number of benzene rings is 1. The summed E-state index contributed by atoms with van der Waals surface area (Å²) in [5, 5.41) is 2.83. The van der Waals surface area contributed by atoms with Crippen LogP contribution in [0.5, 0.6) is 0 Å². The second-order valence-corrected chi connectivity index (χ2v) is 5.33. The number of amides is 1. The van der Waals surface area contributed by atoms with E-state index in [1.165, 1.54) is 0 Å². The fourth-order valence-electron chi connectivity index (χ4n) is 2.29. The van der Waals surface area contributed by atoms with Gasteiger partial charge in [0.05, 0.1) is 19.3 Å². The lowest BCUT2D eigenvalue weighted by atomic mass is 10.2. The van der Waals surface area contributed by atoms with Crippen LogP contribution in [0, 0.1) is 0 Å². The third-order valence-electron chi connectivity index (χ3n) is 3.48. The molecule has 1 N–H and O–H groups in total. The average molecular weight is 322 g/mol. The number of aromatic nitrogens is 4. The molecule has 122 valence electrons. The zero-order valence-corrected chi connectivity index (χ0v) is 13.3. The number of carbonyl (C=O) groups excluding carboxylic acids is 1. The van der Waals surface area contributed by atoms with Crippen molar-refractivity contribution in [2.75, 3.05) is 23.8 Å². The van der Waals surface area contributed by atoms with Crippen LogP contribution < -0.4 is 10.2 Å². The molecular formula is C17H18N6O. The zero-order chi connectivity index (χ0) is 16.8. The summed E-state index contributed by atoms with van der Waals surface area (Å²) in [6, 6.07) is 10.0. The Morgan fingerprint density at radius 1 is 1.17 bits per heavy atom. The van der Waals surface area contributed by atoms with Crippen LogP contribution in [-0.4, -0.2) is 39.0 Å². The highest BCUT2D eigenvalue weighted by Crippen LogP contribution is 2.10. The van der Waals surface area contributed by atoms with Gasteiger partial charge in [0.1, 0.15) is 5.82 Å². The Hall–Kier alpha value is -3.22. The number of nitrogens with zero attached hydrogens (tertiary/aromatic N) is 5. The number of hydrogen-bond donors (Lipinski definition) is 1. The maximum atomic E-state index is 12.2.